The zero-order valence-electron chi connectivity index (χ0n) is 12.2. The average molecular weight is 291 g/mol. The molecule has 0 radical (unpaired) electrons. The molecule has 0 saturated heterocycles. The highest BCUT2D eigenvalue weighted by atomic mass is 32.2. The summed E-state index contributed by atoms with van der Waals surface area (Å²) in [5.74, 6) is 0. The molecule has 0 aromatic heterocycles. The van der Waals surface area contributed by atoms with Gasteiger partial charge in [-0.25, -0.2) is 8.42 Å². The van der Waals surface area contributed by atoms with Crippen LogP contribution >= 0.6 is 0 Å². The number of rotatable bonds is 5. The summed E-state index contributed by atoms with van der Waals surface area (Å²) < 4.78 is 26.8. The molecule has 2 aromatic rings. The smallest absolute Gasteiger partial charge is 0.207 e. The maximum atomic E-state index is 12.7. The largest absolute Gasteiger partial charge is 0.243 e. The molecular formula is C16H21NO2S. The van der Waals surface area contributed by atoms with Crippen molar-refractivity contribution in [3.63, 3.8) is 0 Å². The van der Waals surface area contributed by atoms with Gasteiger partial charge in [-0.05, 0) is 35.7 Å². The average Bonchev–Trinajstić information content (AvgIpc) is 2.47. The van der Waals surface area contributed by atoms with Crippen LogP contribution in [0, 0.1) is 0 Å². The van der Waals surface area contributed by atoms with Gasteiger partial charge in [-0.3, -0.25) is 0 Å². The van der Waals surface area contributed by atoms with Crippen LogP contribution in [0.15, 0.2) is 47.4 Å². The Morgan fingerprint density at radius 2 is 1.60 bits per heavy atom. The molecule has 0 saturated carbocycles. The molecule has 3 nitrogen and oxygen atoms in total. The van der Waals surface area contributed by atoms with Crippen LogP contribution in [0.3, 0.4) is 0 Å². The van der Waals surface area contributed by atoms with Crippen molar-refractivity contribution in [2.75, 3.05) is 7.05 Å². The molecular weight excluding hydrogens is 270 g/mol. The normalized spacial score (nSPS) is 12.4. The number of hydrogen-bond donors (Lipinski definition) is 0. The van der Waals surface area contributed by atoms with Crippen LogP contribution in [0.2, 0.25) is 0 Å². The molecule has 4 heteroatoms. The highest BCUT2D eigenvalue weighted by Gasteiger charge is 2.25. The number of hydrogen-bond acceptors (Lipinski definition) is 2. The van der Waals surface area contributed by atoms with Gasteiger partial charge in [0.2, 0.25) is 10.0 Å². The summed E-state index contributed by atoms with van der Waals surface area (Å²) >= 11 is 0. The molecule has 0 aliphatic carbocycles. The highest BCUT2D eigenvalue weighted by Crippen LogP contribution is 2.23. The third kappa shape index (κ3) is 2.72. The Morgan fingerprint density at radius 3 is 2.20 bits per heavy atom. The summed E-state index contributed by atoms with van der Waals surface area (Å²) in [5, 5.41) is 2.00. The standard InChI is InChI=1S/C16H21NO2S/c1-4-15(5-2)17(3)20(18,19)16-11-10-13-8-6-7-9-14(13)12-16/h6-12,15H,4-5H2,1-3H3. The van der Waals surface area contributed by atoms with Gasteiger partial charge >= 0.3 is 0 Å². The molecule has 20 heavy (non-hydrogen) atoms. The van der Waals surface area contributed by atoms with Gasteiger partial charge in [0, 0.05) is 13.1 Å². The van der Waals surface area contributed by atoms with E-state index in [0.717, 1.165) is 23.6 Å². The monoisotopic (exact) mass is 291 g/mol. The minimum atomic E-state index is -3.42. The van der Waals surface area contributed by atoms with Crippen molar-refractivity contribution in [2.45, 2.75) is 37.6 Å². The molecule has 0 unspecified atom stereocenters. The van der Waals surface area contributed by atoms with E-state index in [1.165, 1.54) is 4.31 Å². The van der Waals surface area contributed by atoms with E-state index in [4.69, 9.17) is 0 Å². The van der Waals surface area contributed by atoms with E-state index in [-0.39, 0.29) is 6.04 Å². The van der Waals surface area contributed by atoms with Crippen LogP contribution in [-0.2, 0) is 10.0 Å². The van der Waals surface area contributed by atoms with E-state index >= 15 is 0 Å². The Labute approximate surface area is 121 Å². The summed E-state index contributed by atoms with van der Waals surface area (Å²) in [7, 11) is -1.75. The van der Waals surface area contributed by atoms with Crippen molar-refractivity contribution in [3.8, 4) is 0 Å². The zero-order valence-corrected chi connectivity index (χ0v) is 13.0. The summed E-state index contributed by atoms with van der Waals surface area (Å²) in [5.41, 5.74) is 0. The Kier molecular flexibility index (Phi) is 4.45. The SMILES string of the molecule is CCC(CC)N(C)S(=O)(=O)c1ccc2ccccc2c1. The quantitative estimate of drug-likeness (QED) is 0.843. The summed E-state index contributed by atoms with van der Waals surface area (Å²) in [6, 6.07) is 13.1. The molecule has 0 fully saturated rings. The number of nitrogens with zero attached hydrogens (tertiary/aromatic N) is 1. The molecule has 0 N–H and O–H groups in total. The molecule has 108 valence electrons. The van der Waals surface area contributed by atoms with E-state index < -0.39 is 10.0 Å². The number of sulfonamides is 1. The lowest BCUT2D eigenvalue weighted by atomic mass is 10.1. The fraction of sp³-hybridized carbons (Fsp3) is 0.375. The lowest BCUT2D eigenvalue weighted by Crippen LogP contribution is -2.36. The third-order valence-corrected chi connectivity index (χ3v) is 5.76. The van der Waals surface area contributed by atoms with E-state index in [1.807, 2.05) is 44.2 Å². The minimum absolute atomic E-state index is 0.0477. The van der Waals surface area contributed by atoms with Crippen molar-refractivity contribution in [1.82, 2.24) is 4.31 Å². The molecule has 0 aliphatic heterocycles. The second kappa shape index (κ2) is 5.94. The van der Waals surface area contributed by atoms with Crippen LogP contribution < -0.4 is 0 Å². The maximum Gasteiger partial charge on any atom is 0.243 e. The van der Waals surface area contributed by atoms with Crippen LogP contribution in [-0.4, -0.2) is 25.8 Å². The second-order valence-corrected chi connectivity index (χ2v) is 7.00. The van der Waals surface area contributed by atoms with Crippen LogP contribution in [0.25, 0.3) is 10.8 Å². The lowest BCUT2D eigenvalue weighted by Gasteiger charge is -2.25. The minimum Gasteiger partial charge on any atom is -0.207 e. The van der Waals surface area contributed by atoms with Crippen molar-refractivity contribution < 1.29 is 8.42 Å². The van der Waals surface area contributed by atoms with E-state index in [9.17, 15) is 8.42 Å². The predicted octanol–water partition coefficient (Wildman–Crippen LogP) is 3.65. The van der Waals surface area contributed by atoms with Crippen molar-refractivity contribution in [2.24, 2.45) is 0 Å². The van der Waals surface area contributed by atoms with Gasteiger partial charge in [0.15, 0.2) is 0 Å². The van der Waals surface area contributed by atoms with Gasteiger partial charge in [-0.15, -0.1) is 0 Å². The van der Waals surface area contributed by atoms with Gasteiger partial charge in [0.1, 0.15) is 0 Å². The topological polar surface area (TPSA) is 37.4 Å². The molecule has 0 atom stereocenters. The first-order valence-corrected chi connectivity index (χ1v) is 8.41. The first kappa shape index (κ1) is 15.0. The van der Waals surface area contributed by atoms with Crippen molar-refractivity contribution in [1.29, 1.82) is 0 Å². The second-order valence-electron chi connectivity index (χ2n) is 5.00. The van der Waals surface area contributed by atoms with E-state index in [0.29, 0.717) is 4.90 Å². The van der Waals surface area contributed by atoms with Crippen LogP contribution in [0.5, 0.6) is 0 Å². The highest BCUT2D eigenvalue weighted by molar-refractivity contribution is 7.89. The summed E-state index contributed by atoms with van der Waals surface area (Å²) in [6.07, 6.45) is 1.64. The third-order valence-electron chi connectivity index (χ3n) is 3.85. The Balaban J connectivity index is 2.46. The summed E-state index contributed by atoms with van der Waals surface area (Å²) in [6.45, 7) is 4.03. The zero-order chi connectivity index (χ0) is 14.8. The van der Waals surface area contributed by atoms with Crippen LogP contribution in [0.4, 0.5) is 0 Å². The molecule has 0 amide bonds. The van der Waals surface area contributed by atoms with Crippen molar-refractivity contribution in [3.05, 3.63) is 42.5 Å². The molecule has 0 bridgehead atoms. The molecule has 2 aromatic carbocycles. The first-order valence-electron chi connectivity index (χ1n) is 6.97. The molecule has 0 heterocycles. The number of fused-ring (bicyclic) bond motifs is 1. The van der Waals surface area contributed by atoms with Gasteiger partial charge in [-0.1, -0.05) is 44.2 Å². The molecule has 2 rings (SSSR count). The lowest BCUT2D eigenvalue weighted by molar-refractivity contribution is 0.350. The Hall–Kier alpha value is -1.39. The van der Waals surface area contributed by atoms with E-state index in [2.05, 4.69) is 0 Å². The van der Waals surface area contributed by atoms with Crippen molar-refractivity contribution >= 4 is 20.8 Å². The Bertz CT molecular complexity index is 690. The van der Waals surface area contributed by atoms with Gasteiger partial charge in [0.25, 0.3) is 0 Å². The molecule has 0 spiro atoms. The fourth-order valence-electron chi connectivity index (χ4n) is 2.49. The fourth-order valence-corrected chi connectivity index (χ4v) is 4.03. The first-order chi connectivity index (χ1) is 9.50. The number of benzene rings is 2. The maximum absolute atomic E-state index is 12.7. The van der Waals surface area contributed by atoms with Gasteiger partial charge in [-0.2, -0.15) is 4.31 Å². The molecule has 0 aliphatic rings. The van der Waals surface area contributed by atoms with Gasteiger partial charge < -0.3 is 0 Å². The van der Waals surface area contributed by atoms with E-state index in [1.54, 1.807) is 19.2 Å². The predicted molar refractivity (Wildman–Crippen MR) is 83.3 cm³/mol. The van der Waals surface area contributed by atoms with Gasteiger partial charge in [0.05, 0.1) is 4.90 Å². The summed E-state index contributed by atoms with van der Waals surface area (Å²) in [4.78, 5) is 0.366. The van der Waals surface area contributed by atoms with Crippen LogP contribution in [0.1, 0.15) is 26.7 Å². The Morgan fingerprint density at radius 1 is 1.00 bits per heavy atom.